The summed E-state index contributed by atoms with van der Waals surface area (Å²) >= 11 is 0. The lowest BCUT2D eigenvalue weighted by Crippen LogP contribution is -2.32. The molecule has 0 aromatic carbocycles. The zero-order chi connectivity index (χ0) is 17.2. The van der Waals surface area contributed by atoms with Crippen molar-refractivity contribution in [3.05, 3.63) is 54.1 Å². The SMILES string of the molecule is CCc1ncnc(N2CCc3ncncc3C2)c1-c1ccc(N)nc1. The molecule has 3 aromatic rings. The summed E-state index contributed by atoms with van der Waals surface area (Å²) < 4.78 is 0. The lowest BCUT2D eigenvalue weighted by atomic mass is 10.0. The molecule has 126 valence electrons. The standard InChI is InChI=1S/C18H19N7/c1-2-14-17(12-3-4-16(19)21-8-12)18(24-11-23-14)25-6-5-15-13(9-25)7-20-10-22-15/h3-4,7-8,10-11H,2,5-6,9H2,1H3,(H2,19,21). The largest absolute Gasteiger partial charge is 0.384 e. The summed E-state index contributed by atoms with van der Waals surface area (Å²) in [6.45, 7) is 3.70. The maximum Gasteiger partial charge on any atom is 0.140 e. The molecule has 7 nitrogen and oxygen atoms in total. The van der Waals surface area contributed by atoms with E-state index >= 15 is 0 Å². The van der Waals surface area contributed by atoms with E-state index in [1.54, 1.807) is 18.9 Å². The van der Waals surface area contributed by atoms with Gasteiger partial charge in [-0.15, -0.1) is 0 Å². The first-order valence-electron chi connectivity index (χ1n) is 8.34. The van der Waals surface area contributed by atoms with Crippen LogP contribution in [0.2, 0.25) is 0 Å². The Morgan fingerprint density at radius 2 is 2.00 bits per heavy atom. The molecule has 4 rings (SSSR count). The van der Waals surface area contributed by atoms with Crippen LogP contribution in [0.15, 0.2) is 37.2 Å². The van der Waals surface area contributed by atoms with Crippen molar-refractivity contribution >= 4 is 11.6 Å². The van der Waals surface area contributed by atoms with E-state index in [0.29, 0.717) is 5.82 Å². The molecular weight excluding hydrogens is 314 g/mol. The topological polar surface area (TPSA) is 93.7 Å². The van der Waals surface area contributed by atoms with E-state index in [2.05, 4.69) is 36.7 Å². The number of rotatable bonds is 3. The summed E-state index contributed by atoms with van der Waals surface area (Å²) in [5.41, 5.74) is 11.0. The van der Waals surface area contributed by atoms with Gasteiger partial charge in [-0.25, -0.2) is 24.9 Å². The fourth-order valence-corrected chi connectivity index (χ4v) is 3.22. The molecule has 0 amide bonds. The van der Waals surface area contributed by atoms with Crippen LogP contribution in [0.4, 0.5) is 11.6 Å². The molecule has 0 atom stereocenters. The average molecular weight is 333 g/mol. The molecule has 7 heteroatoms. The first-order valence-corrected chi connectivity index (χ1v) is 8.34. The van der Waals surface area contributed by atoms with Crippen molar-refractivity contribution in [1.82, 2.24) is 24.9 Å². The molecule has 2 N–H and O–H groups in total. The highest BCUT2D eigenvalue weighted by Crippen LogP contribution is 2.33. The summed E-state index contributed by atoms with van der Waals surface area (Å²) in [6.07, 6.45) is 8.63. The smallest absolute Gasteiger partial charge is 0.140 e. The van der Waals surface area contributed by atoms with Gasteiger partial charge < -0.3 is 10.6 Å². The second-order valence-electron chi connectivity index (χ2n) is 6.01. The van der Waals surface area contributed by atoms with Gasteiger partial charge >= 0.3 is 0 Å². The zero-order valence-electron chi connectivity index (χ0n) is 14.1. The highest BCUT2D eigenvalue weighted by atomic mass is 15.2. The predicted molar refractivity (Wildman–Crippen MR) is 95.8 cm³/mol. The highest BCUT2D eigenvalue weighted by molar-refractivity contribution is 5.78. The molecule has 0 aliphatic carbocycles. The van der Waals surface area contributed by atoms with Crippen LogP contribution in [0.5, 0.6) is 0 Å². The van der Waals surface area contributed by atoms with E-state index in [9.17, 15) is 0 Å². The van der Waals surface area contributed by atoms with E-state index in [0.717, 1.165) is 59.8 Å². The number of nitrogens with zero attached hydrogens (tertiary/aromatic N) is 6. The minimum Gasteiger partial charge on any atom is -0.384 e. The molecular formula is C18H19N7. The molecule has 1 aliphatic heterocycles. The quantitative estimate of drug-likeness (QED) is 0.784. The van der Waals surface area contributed by atoms with Crippen molar-refractivity contribution in [3.63, 3.8) is 0 Å². The van der Waals surface area contributed by atoms with Gasteiger partial charge in [0.2, 0.25) is 0 Å². The number of nitrogen functional groups attached to an aromatic ring is 1. The van der Waals surface area contributed by atoms with E-state index in [-0.39, 0.29) is 0 Å². The van der Waals surface area contributed by atoms with E-state index in [1.165, 1.54) is 0 Å². The number of fused-ring (bicyclic) bond motifs is 1. The van der Waals surface area contributed by atoms with Crippen LogP contribution in [0, 0.1) is 0 Å². The third kappa shape index (κ3) is 2.88. The molecule has 0 saturated heterocycles. The Labute approximate surface area is 146 Å². The lowest BCUT2D eigenvalue weighted by Gasteiger charge is -2.30. The Morgan fingerprint density at radius 3 is 2.80 bits per heavy atom. The Bertz CT molecular complexity index is 892. The summed E-state index contributed by atoms with van der Waals surface area (Å²) in [4.78, 5) is 24.1. The monoisotopic (exact) mass is 333 g/mol. The summed E-state index contributed by atoms with van der Waals surface area (Å²) in [7, 11) is 0. The molecule has 0 fully saturated rings. The molecule has 0 spiro atoms. The summed E-state index contributed by atoms with van der Waals surface area (Å²) in [6, 6.07) is 3.79. The first kappa shape index (κ1) is 15.4. The maximum atomic E-state index is 5.74. The van der Waals surface area contributed by atoms with Crippen LogP contribution in [0.3, 0.4) is 0 Å². The number of nitrogens with two attached hydrogens (primary N) is 1. The summed E-state index contributed by atoms with van der Waals surface area (Å²) in [5, 5.41) is 0. The van der Waals surface area contributed by atoms with Gasteiger partial charge in [0.15, 0.2) is 0 Å². The number of hydrogen-bond donors (Lipinski definition) is 1. The van der Waals surface area contributed by atoms with Crippen LogP contribution in [-0.4, -0.2) is 31.5 Å². The van der Waals surface area contributed by atoms with Gasteiger partial charge in [0.1, 0.15) is 24.3 Å². The Hall–Kier alpha value is -3.09. The van der Waals surface area contributed by atoms with Crippen molar-refractivity contribution in [3.8, 4) is 11.1 Å². The Morgan fingerprint density at radius 1 is 1.08 bits per heavy atom. The molecule has 25 heavy (non-hydrogen) atoms. The molecule has 4 heterocycles. The number of anilines is 2. The molecule has 1 aliphatic rings. The molecule has 3 aromatic heterocycles. The first-order chi connectivity index (χ1) is 12.3. The van der Waals surface area contributed by atoms with Gasteiger partial charge in [0, 0.05) is 48.6 Å². The van der Waals surface area contributed by atoms with Crippen molar-refractivity contribution in [2.24, 2.45) is 0 Å². The number of aromatic nitrogens is 5. The zero-order valence-corrected chi connectivity index (χ0v) is 14.1. The Kier molecular flexibility index (Phi) is 3.97. The molecule has 0 unspecified atom stereocenters. The van der Waals surface area contributed by atoms with Gasteiger partial charge in [0.05, 0.1) is 11.4 Å². The van der Waals surface area contributed by atoms with Crippen LogP contribution in [-0.2, 0) is 19.4 Å². The third-order valence-electron chi connectivity index (χ3n) is 4.48. The van der Waals surface area contributed by atoms with Gasteiger partial charge in [-0.1, -0.05) is 6.92 Å². The predicted octanol–water partition coefficient (Wildman–Crippen LogP) is 2.04. The number of hydrogen-bond acceptors (Lipinski definition) is 7. The number of pyridine rings is 1. The molecule has 0 saturated carbocycles. The maximum absolute atomic E-state index is 5.74. The van der Waals surface area contributed by atoms with Crippen molar-refractivity contribution in [1.29, 1.82) is 0 Å². The van der Waals surface area contributed by atoms with E-state index in [4.69, 9.17) is 5.73 Å². The van der Waals surface area contributed by atoms with Gasteiger partial charge in [-0.05, 0) is 18.6 Å². The van der Waals surface area contributed by atoms with E-state index in [1.807, 2.05) is 18.3 Å². The molecule has 0 bridgehead atoms. The van der Waals surface area contributed by atoms with Crippen LogP contribution in [0.1, 0.15) is 23.9 Å². The van der Waals surface area contributed by atoms with Gasteiger partial charge in [0.25, 0.3) is 0 Å². The minimum absolute atomic E-state index is 0.504. The van der Waals surface area contributed by atoms with Gasteiger partial charge in [-0.3, -0.25) is 0 Å². The van der Waals surface area contributed by atoms with Crippen LogP contribution in [0.25, 0.3) is 11.1 Å². The lowest BCUT2D eigenvalue weighted by molar-refractivity contribution is 0.694. The third-order valence-corrected chi connectivity index (χ3v) is 4.48. The number of aryl methyl sites for hydroxylation is 1. The Balaban J connectivity index is 1.79. The second kappa shape index (κ2) is 6.43. The summed E-state index contributed by atoms with van der Waals surface area (Å²) in [5.74, 6) is 1.43. The van der Waals surface area contributed by atoms with Crippen molar-refractivity contribution < 1.29 is 0 Å². The fraction of sp³-hybridized carbons (Fsp3) is 0.278. The van der Waals surface area contributed by atoms with Gasteiger partial charge in [-0.2, -0.15) is 0 Å². The molecule has 0 radical (unpaired) electrons. The van der Waals surface area contributed by atoms with Crippen molar-refractivity contribution in [2.45, 2.75) is 26.3 Å². The van der Waals surface area contributed by atoms with E-state index < -0.39 is 0 Å². The van der Waals surface area contributed by atoms with Crippen molar-refractivity contribution in [2.75, 3.05) is 17.2 Å². The average Bonchev–Trinajstić information content (AvgIpc) is 2.67. The van der Waals surface area contributed by atoms with Crippen LogP contribution >= 0.6 is 0 Å². The minimum atomic E-state index is 0.504. The normalized spacial score (nSPS) is 13.6. The fourth-order valence-electron chi connectivity index (χ4n) is 3.22. The highest BCUT2D eigenvalue weighted by Gasteiger charge is 2.23. The van der Waals surface area contributed by atoms with Crippen LogP contribution < -0.4 is 10.6 Å². The second-order valence-corrected chi connectivity index (χ2v) is 6.01.